The Balaban J connectivity index is 1.79. The maximum absolute atomic E-state index is 12.5. The normalized spacial score (nSPS) is 17.1. The van der Waals surface area contributed by atoms with Crippen LogP contribution in [0.4, 0.5) is 13.2 Å². The van der Waals surface area contributed by atoms with Gasteiger partial charge in [0, 0.05) is 18.2 Å². The first-order valence-corrected chi connectivity index (χ1v) is 6.75. The maximum Gasteiger partial charge on any atom is 0.417 e. The van der Waals surface area contributed by atoms with Gasteiger partial charge in [-0.2, -0.15) is 13.2 Å². The highest BCUT2D eigenvalue weighted by Crippen LogP contribution is 2.31. The van der Waals surface area contributed by atoms with Gasteiger partial charge in [0.2, 0.25) is 0 Å². The zero-order chi connectivity index (χ0) is 14.9. The summed E-state index contributed by atoms with van der Waals surface area (Å²) in [4.78, 5) is 3.81. The molecule has 1 aliphatic rings. The van der Waals surface area contributed by atoms with Crippen molar-refractivity contribution in [2.45, 2.75) is 24.9 Å². The average molecular weight is 297 g/mol. The lowest BCUT2D eigenvalue weighted by Gasteiger charge is -2.19. The molecule has 1 N–H and O–H groups in total. The number of pyridine rings is 1. The molecule has 2 aromatic heterocycles. The number of piperidine rings is 1. The number of nitrogens with zero attached hydrogens (tertiary/aromatic N) is 2. The van der Waals surface area contributed by atoms with Crippen LogP contribution < -0.4 is 5.32 Å². The second kappa shape index (κ2) is 5.48. The summed E-state index contributed by atoms with van der Waals surface area (Å²) < 4.78 is 42.7. The summed E-state index contributed by atoms with van der Waals surface area (Å²) in [5.74, 6) is 0.732. The summed E-state index contributed by atoms with van der Waals surface area (Å²) in [5.41, 5.74) is 0.424. The predicted octanol–water partition coefficient (Wildman–Crippen LogP) is 3.22. The van der Waals surface area contributed by atoms with Gasteiger partial charge in [-0.3, -0.25) is 4.98 Å². The van der Waals surface area contributed by atoms with Crippen molar-refractivity contribution in [2.75, 3.05) is 13.1 Å². The summed E-state index contributed by atoms with van der Waals surface area (Å²) in [6.07, 6.45) is -1.62. The molecule has 0 bridgehead atoms. The number of rotatable bonds is 2. The number of aromatic nitrogens is 2. The van der Waals surface area contributed by atoms with E-state index in [1.165, 1.54) is 6.07 Å². The molecule has 0 radical (unpaired) electrons. The van der Waals surface area contributed by atoms with E-state index in [4.69, 9.17) is 4.52 Å². The quantitative estimate of drug-likeness (QED) is 0.924. The van der Waals surface area contributed by atoms with Crippen LogP contribution in [0.2, 0.25) is 0 Å². The Hall–Kier alpha value is -1.89. The molecular formula is C14H14F3N3O. The number of hydrogen-bond acceptors (Lipinski definition) is 4. The standard InChI is InChI=1S/C14H14F3N3O/c15-14(16,17)10-1-2-11(19-8-10)13-7-12(20-21-13)9-3-5-18-6-4-9/h1-2,7-9,18H,3-6H2. The smallest absolute Gasteiger partial charge is 0.354 e. The van der Waals surface area contributed by atoms with Crippen molar-refractivity contribution in [1.29, 1.82) is 0 Å². The van der Waals surface area contributed by atoms with Gasteiger partial charge >= 0.3 is 6.18 Å². The molecule has 1 saturated heterocycles. The SMILES string of the molecule is FC(F)(F)c1ccc(-c2cc(C3CCNCC3)no2)nc1. The minimum absolute atomic E-state index is 0.332. The van der Waals surface area contributed by atoms with Gasteiger partial charge in [0.05, 0.1) is 11.3 Å². The van der Waals surface area contributed by atoms with E-state index in [-0.39, 0.29) is 0 Å². The molecule has 1 aliphatic heterocycles. The Labute approximate surface area is 119 Å². The van der Waals surface area contributed by atoms with Crippen molar-refractivity contribution in [3.8, 4) is 11.5 Å². The Bertz CT molecular complexity index is 601. The van der Waals surface area contributed by atoms with Gasteiger partial charge in [0.15, 0.2) is 5.76 Å². The third-order valence-corrected chi connectivity index (χ3v) is 3.63. The van der Waals surface area contributed by atoms with Crippen LogP contribution in [0.25, 0.3) is 11.5 Å². The Morgan fingerprint density at radius 2 is 1.95 bits per heavy atom. The lowest BCUT2D eigenvalue weighted by atomic mass is 9.94. The molecular weight excluding hydrogens is 283 g/mol. The summed E-state index contributed by atoms with van der Waals surface area (Å²) in [6.45, 7) is 1.87. The Kier molecular flexibility index (Phi) is 3.67. The van der Waals surface area contributed by atoms with E-state index < -0.39 is 11.7 Å². The fourth-order valence-corrected chi connectivity index (χ4v) is 2.43. The molecule has 0 unspecified atom stereocenters. The topological polar surface area (TPSA) is 51.0 Å². The van der Waals surface area contributed by atoms with Crippen molar-refractivity contribution in [3.05, 3.63) is 35.7 Å². The molecule has 0 amide bonds. The van der Waals surface area contributed by atoms with Gasteiger partial charge in [-0.1, -0.05) is 5.16 Å². The van der Waals surface area contributed by atoms with E-state index in [1.807, 2.05) is 0 Å². The lowest BCUT2D eigenvalue weighted by Crippen LogP contribution is -2.26. The van der Waals surface area contributed by atoms with Crippen LogP contribution in [0, 0.1) is 0 Å². The molecule has 0 aromatic carbocycles. The molecule has 0 aliphatic carbocycles. The van der Waals surface area contributed by atoms with Crippen LogP contribution in [-0.2, 0) is 6.18 Å². The molecule has 2 aromatic rings. The van der Waals surface area contributed by atoms with Gasteiger partial charge in [-0.15, -0.1) is 0 Å². The summed E-state index contributed by atoms with van der Waals surface area (Å²) in [6, 6.07) is 4.07. The van der Waals surface area contributed by atoms with Crippen LogP contribution in [0.3, 0.4) is 0 Å². The van der Waals surface area contributed by atoms with Crippen LogP contribution in [-0.4, -0.2) is 23.2 Å². The first-order chi connectivity index (χ1) is 10.0. The Morgan fingerprint density at radius 1 is 1.19 bits per heavy atom. The summed E-state index contributed by atoms with van der Waals surface area (Å²) in [5, 5.41) is 7.29. The molecule has 3 heterocycles. The van der Waals surface area contributed by atoms with E-state index in [2.05, 4.69) is 15.5 Å². The molecule has 1 fully saturated rings. The molecule has 0 spiro atoms. The minimum atomic E-state index is -4.38. The van der Waals surface area contributed by atoms with Crippen LogP contribution in [0.1, 0.15) is 30.0 Å². The highest BCUT2D eigenvalue weighted by Gasteiger charge is 2.31. The van der Waals surface area contributed by atoms with Gasteiger partial charge < -0.3 is 9.84 Å². The van der Waals surface area contributed by atoms with E-state index >= 15 is 0 Å². The van der Waals surface area contributed by atoms with E-state index in [0.717, 1.165) is 43.9 Å². The summed E-state index contributed by atoms with van der Waals surface area (Å²) >= 11 is 0. The highest BCUT2D eigenvalue weighted by molar-refractivity contribution is 5.52. The van der Waals surface area contributed by atoms with Crippen molar-refractivity contribution in [2.24, 2.45) is 0 Å². The van der Waals surface area contributed by atoms with Gasteiger partial charge in [-0.05, 0) is 38.1 Å². The first kappa shape index (κ1) is 14.1. The molecule has 3 rings (SSSR count). The molecule has 4 nitrogen and oxygen atoms in total. The fourth-order valence-electron chi connectivity index (χ4n) is 2.43. The molecule has 0 atom stereocenters. The minimum Gasteiger partial charge on any atom is -0.354 e. The average Bonchev–Trinajstić information content (AvgIpc) is 2.97. The van der Waals surface area contributed by atoms with Gasteiger partial charge in [0.1, 0.15) is 5.69 Å². The number of hydrogen-bond donors (Lipinski definition) is 1. The van der Waals surface area contributed by atoms with E-state index in [1.54, 1.807) is 6.07 Å². The van der Waals surface area contributed by atoms with Crippen molar-refractivity contribution in [3.63, 3.8) is 0 Å². The molecule has 7 heteroatoms. The number of halogens is 3. The Morgan fingerprint density at radius 3 is 2.57 bits per heavy atom. The predicted molar refractivity (Wildman–Crippen MR) is 69.6 cm³/mol. The third kappa shape index (κ3) is 3.07. The van der Waals surface area contributed by atoms with Crippen molar-refractivity contribution >= 4 is 0 Å². The zero-order valence-electron chi connectivity index (χ0n) is 11.2. The first-order valence-electron chi connectivity index (χ1n) is 6.75. The van der Waals surface area contributed by atoms with Crippen LogP contribution >= 0.6 is 0 Å². The van der Waals surface area contributed by atoms with Crippen LogP contribution in [0.5, 0.6) is 0 Å². The van der Waals surface area contributed by atoms with E-state index in [0.29, 0.717) is 17.4 Å². The largest absolute Gasteiger partial charge is 0.417 e. The van der Waals surface area contributed by atoms with E-state index in [9.17, 15) is 13.2 Å². The van der Waals surface area contributed by atoms with Crippen molar-refractivity contribution in [1.82, 2.24) is 15.5 Å². The molecule has 21 heavy (non-hydrogen) atoms. The number of nitrogens with one attached hydrogen (secondary N) is 1. The maximum atomic E-state index is 12.5. The second-order valence-electron chi connectivity index (χ2n) is 5.07. The van der Waals surface area contributed by atoms with Crippen molar-refractivity contribution < 1.29 is 17.7 Å². The number of alkyl halides is 3. The van der Waals surface area contributed by atoms with Gasteiger partial charge in [-0.25, -0.2) is 0 Å². The zero-order valence-corrected chi connectivity index (χ0v) is 11.2. The highest BCUT2D eigenvalue weighted by atomic mass is 19.4. The monoisotopic (exact) mass is 297 g/mol. The third-order valence-electron chi connectivity index (χ3n) is 3.63. The lowest BCUT2D eigenvalue weighted by molar-refractivity contribution is -0.137. The van der Waals surface area contributed by atoms with Crippen LogP contribution in [0.15, 0.2) is 28.9 Å². The second-order valence-corrected chi connectivity index (χ2v) is 5.07. The molecule has 112 valence electrons. The molecule has 0 saturated carbocycles. The summed E-state index contributed by atoms with van der Waals surface area (Å²) in [7, 11) is 0. The van der Waals surface area contributed by atoms with Gasteiger partial charge in [0.25, 0.3) is 0 Å². The fraction of sp³-hybridized carbons (Fsp3) is 0.429.